The smallest absolute Gasteiger partial charge is 0.320 e. The molecule has 1 amide bonds. The largest absolute Gasteiger partial charge is 0.475 e. The first-order chi connectivity index (χ1) is 9.58. The number of methoxy groups -OCH3 is 1. The first-order valence-electron chi connectivity index (χ1n) is 5.89. The first-order valence-corrected chi connectivity index (χ1v) is 6.77. The van der Waals surface area contributed by atoms with Crippen molar-refractivity contribution in [3.63, 3.8) is 0 Å². The molecule has 0 aromatic carbocycles. The van der Waals surface area contributed by atoms with Crippen molar-refractivity contribution in [2.75, 3.05) is 12.4 Å². The average molecular weight is 294 g/mol. The molecule has 1 N–H and O–H groups in total. The lowest BCUT2D eigenvalue weighted by Gasteiger charge is -2.10. The molecule has 0 radical (unpaired) electrons. The van der Waals surface area contributed by atoms with Crippen LogP contribution in [0.4, 0.5) is 5.13 Å². The number of carbonyl (C=O) groups excluding carboxylic acids is 1. The molecular formula is C12H14N4O3S. The molecule has 2 aromatic heterocycles. The van der Waals surface area contributed by atoms with Gasteiger partial charge >= 0.3 is 6.01 Å². The van der Waals surface area contributed by atoms with Crippen LogP contribution in [0.3, 0.4) is 0 Å². The number of amides is 1. The lowest BCUT2D eigenvalue weighted by molar-refractivity contribution is 0.101. The van der Waals surface area contributed by atoms with Gasteiger partial charge in [0.05, 0.1) is 13.2 Å². The number of hydrogen-bond donors (Lipinski definition) is 1. The number of nitrogens with zero attached hydrogens (tertiary/aromatic N) is 3. The van der Waals surface area contributed by atoms with Crippen molar-refractivity contribution in [2.45, 2.75) is 20.0 Å². The summed E-state index contributed by atoms with van der Waals surface area (Å²) < 4.78 is 10.4. The number of rotatable bonds is 5. The molecule has 0 atom stereocenters. The first kappa shape index (κ1) is 14.2. The predicted octanol–water partition coefficient (Wildman–Crippen LogP) is 1.98. The fourth-order valence-corrected chi connectivity index (χ4v) is 1.88. The molecule has 0 saturated carbocycles. The van der Waals surface area contributed by atoms with Crippen LogP contribution in [0.2, 0.25) is 0 Å². The summed E-state index contributed by atoms with van der Waals surface area (Å²) in [5.41, 5.74) is 0.155. The Kier molecular flexibility index (Phi) is 4.46. The lowest BCUT2D eigenvalue weighted by Crippen LogP contribution is -2.16. The minimum Gasteiger partial charge on any atom is -0.475 e. The molecular weight excluding hydrogens is 280 g/mol. The van der Waals surface area contributed by atoms with Crippen molar-refractivity contribution < 1.29 is 14.3 Å². The Balaban J connectivity index is 2.23. The number of hydrogen-bond acceptors (Lipinski definition) is 7. The van der Waals surface area contributed by atoms with Gasteiger partial charge in [-0.1, -0.05) is 0 Å². The van der Waals surface area contributed by atoms with Crippen molar-refractivity contribution in [3.05, 3.63) is 23.3 Å². The van der Waals surface area contributed by atoms with E-state index in [1.807, 2.05) is 13.8 Å². The summed E-state index contributed by atoms with van der Waals surface area (Å²) in [6.07, 6.45) is 1.54. The molecule has 7 nitrogen and oxygen atoms in total. The van der Waals surface area contributed by atoms with Crippen LogP contribution < -0.4 is 14.8 Å². The Bertz CT molecular complexity index is 586. The van der Waals surface area contributed by atoms with E-state index in [-0.39, 0.29) is 23.7 Å². The van der Waals surface area contributed by atoms with Gasteiger partial charge in [-0.15, -0.1) is 11.3 Å². The van der Waals surface area contributed by atoms with Crippen LogP contribution >= 0.6 is 11.3 Å². The summed E-state index contributed by atoms with van der Waals surface area (Å²) in [5, 5.41) is 4.90. The zero-order valence-corrected chi connectivity index (χ0v) is 12.1. The molecule has 0 unspecified atom stereocenters. The van der Waals surface area contributed by atoms with Gasteiger partial charge in [0.1, 0.15) is 5.69 Å². The van der Waals surface area contributed by atoms with Crippen molar-refractivity contribution in [1.82, 2.24) is 15.0 Å². The summed E-state index contributed by atoms with van der Waals surface area (Å²) >= 11 is 1.32. The molecule has 0 aliphatic heterocycles. The molecule has 0 aliphatic carbocycles. The quantitative estimate of drug-likeness (QED) is 0.907. The van der Waals surface area contributed by atoms with E-state index in [2.05, 4.69) is 20.3 Å². The molecule has 0 saturated heterocycles. The average Bonchev–Trinajstić information content (AvgIpc) is 2.90. The van der Waals surface area contributed by atoms with Crippen LogP contribution in [-0.4, -0.2) is 34.1 Å². The second kappa shape index (κ2) is 6.29. The van der Waals surface area contributed by atoms with Crippen molar-refractivity contribution >= 4 is 22.4 Å². The van der Waals surface area contributed by atoms with E-state index in [0.29, 0.717) is 5.13 Å². The third-order valence-corrected chi connectivity index (χ3v) is 2.80. The number of carbonyl (C=O) groups is 1. The molecule has 0 fully saturated rings. The molecule has 20 heavy (non-hydrogen) atoms. The maximum atomic E-state index is 12.1. The Morgan fingerprint density at radius 3 is 2.80 bits per heavy atom. The van der Waals surface area contributed by atoms with Gasteiger partial charge in [0.2, 0.25) is 5.88 Å². The molecule has 2 heterocycles. The van der Waals surface area contributed by atoms with Gasteiger partial charge in [0.15, 0.2) is 5.13 Å². The molecule has 2 aromatic rings. The van der Waals surface area contributed by atoms with Crippen molar-refractivity contribution in [2.24, 2.45) is 0 Å². The Morgan fingerprint density at radius 1 is 1.40 bits per heavy atom. The maximum Gasteiger partial charge on any atom is 0.320 e. The standard InChI is InChI=1S/C12H14N4O3S/c1-7(2)19-9-6-8(14-11(15-9)18-3)10(17)16-12-13-4-5-20-12/h4-7H,1-3H3,(H,13,16,17). The summed E-state index contributed by atoms with van der Waals surface area (Å²) in [6.45, 7) is 3.73. The third-order valence-electron chi connectivity index (χ3n) is 2.11. The monoisotopic (exact) mass is 294 g/mol. The van der Waals surface area contributed by atoms with Crippen LogP contribution in [-0.2, 0) is 0 Å². The van der Waals surface area contributed by atoms with E-state index < -0.39 is 5.91 Å². The number of ether oxygens (including phenoxy) is 2. The van der Waals surface area contributed by atoms with E-state index in [1.165, 1.54) is 24.5 Å². The van der Waals surface area contributed by atoms with Gasteiger partial charge in [0.25, 0.3) is 5.91 Å². The van der Waals surface area contributed by atoms with Crippen LogP contribution in [0.25, 0.3) is 0 Å². The number of anilines is 1. The molecule has 106 valence electrons. The van der Waals surface area contributed by atoms with Gasteiger partial charge in [-0.05, 0) is 13.8 Å². The van der Waals surface area contributed by atoms with Crippen molar-refractivity contribution in [3.8, 4) is 11.9 Å². The zero-order valence-electron chi connectivity index (χ0n) is 11.3. The van der Waals surface area contributed by atoms with Gasteiger partial charge < -0.3 is 9.47 Å². The van der Waals surface area contributed by atoms with Gasteiger partial charge in [-0.25, -0.2) is 4.98 Å². The Hall–Kier alpha value is -2.22. The maximum absolute atomic E-state index is 12.1. The molecule has 2 rings (SSSR count). The fraction of sp³-hybridized carbons (Fsp3) is 0.333. The normalized spacial score (nSPS) is 10.4. The molecule has 0 bridgehead atoms. The number of aromatic nitrogens is 3. The summed E-state index contributed by atoms with van der Waals surface area (Å²) in [4.78, 5) is 24.1. The van der Waals surface area contributed by atoms with E-state index >= 15 is 0 Å². The highest BCUT2D eigenvalue weighted by Gasteiger charge is 2.14. The van der Waals surface area contributed by atoms with Gasteiger partial charge in [-0.2, -0.15) is 9.97 Å². The van der Waals surface area contributed by atoms with Crippen LogP contribution in [0.5, 0.6) is 11.9 Å². The summed E-state index contributed by atoms with van der Waals surface area (Å²) in [7, 11) is 1.43. The predicted molar refractivity (Wildman–Crippen MR) is 74.4 cm³/mol. The molecule has 0 spiro atoms. The lowest BCUT2D eigenvalue weighted by atomic mass is 10.3. The van der Waals surface area contributed by atoms with E-state index in [4.69, 9.17) is 9.47 Å². The van der Waals surface area contributed by atoms with Crippen LogP contribution in [0.1, 0.15) is 24.3 Å². The van der Waals surface area contributed by atoms with E-state index in [0.717, 1.165) is 0 Å². The van der Waals surface area contributed by atoms with Gasteiger partial charge in [-0.3, -0.25) is 10.1 Å². The Labute approximate surface area is 120 Å². The molecule has 8 heteroatoms. The van der Waals surface area contributed by atoms with Crippen LogP contribution in [0.15, 0.2) is 17.6 Å². The highest BCUT2D eigenvalue weighted by molar-refractivity contribution is 7.13. The van der Waals surface area contributed by atoms with Gasteiger partial charge in [0, 0.05) is 17.6 Å². The topological polar surface area (TPSA) is 86.2 Å². The highest BCUT2D eigenvalue weighted by atomic mass is 32.1. The highest BCUT2D eigenvalue weighted by Crippen LogP contribution is 2.17. The second-order valence-electron chi connectivity index (χ2n) is 4.04. The third kappa shape index (κ3) is 3.64. The molecule has 0 aliphatic rings. The number of thiazole rings is 1. The van der Waals surface area contributed by atoms with Crippen molar-refractivity contribution in [1.29, 1.82) is 0 Å². The van der Waals surface area contributed by atoms with E-state index in [1.54, 1.807) is 11.6 Å². The SMILES string of the molecule is COc1nc(OC(C)C)cc(C(=O)Nc2nccs2)n1. The minimum absolute atomic E-state index is 0.0653. The summed E-state index contributed by atoms with van der Waals surface area (Å²) in [5.74, 6) is -0.106. The summed E-state index contributed by atoms with van der Waals surface area (Å²) in [6, 6.07) is 1.54. The Morgan fingerprint density at radius 2 is 2.20 bits per heavy atom. The number of nitrogens with one attached hydrogen (secondary N) is 1. The van der Waals surface area contributed by atoms with E-state index in [9.17, 15) is 4.79 Å². The fourth-order valence-electron chi connectivity index (χ4n) is 1.36. The zero-order chi connectivity index (χ0) is 14.5. The second-order valence-corrected chi connectivity index (χ2v) is 4.93. The minimum atomic E-state index is -0.394. The van der Waals surface area contributed by atoms with Crippen LogP contribution in [0, 0.1) is 0 Å².